The Labute approximate surface area is 143 Å². The number of hydrogen-bond donors (Lipinski definition) is 2. The number of rotatable bonds is 6. The van der Waals surface area contributed by atoms with Gasteiger partial charge in [-0.15, -0.1) is 21.5 Å². The predicted molar refractivity (Wildman–Crippen MR) is 91.2 cm³/mol. The normalized spacial score (nSPS) is 10.8. The largest absolute Gasteiger partial charge is 0.343 e. The van der Waals surface area contributed by atoms with Crippen LogP contribution in [0.1, 0.15) is 36.2 Å². The molecule has 0 aliphatic heterocycles. The van der Waals surface area contributed by atoms with E-state index in [0.29, 0.717) is 29.0 Å². The van der Waals surface area contributed by atoms with Crippen LogP contribution in [0.4, 0.5) is 10.9 Å². The molecule has 3 rings (SSSR count). The van der Waals surface area contributed by atoms with Gasteiger partial charge in [0.05, 0.1) is 6.54 Å². The molecule has 0 bridgehead atoms. The van der Waals surface area contributed by atoms with Gasteiger partial charge in [-0.05, 0) is 26.0 Å². The maximum absolute atomic E-state index is 12.2. The van der Waals surface area contributed by atoms with Crippen LogP contribution in [0.5, 0.6) is 0 Å². The minimum Gasteiger partial charge on any atom is -0.343 e. The first kappa shape index (κ1) is 16.1. The zero-order valence-corrected chi connectivity index (χ0v) is 14.1. The molecule has 0 radical (unpaired) electrons. The number of anilines is 2. The minimum absolute atomic E-state index is 0.236. The van der Waals surface area contributed by atoms with Gasteiger partial charge in [0.1, 0.15) is 17.8 Å². The highest BCUT2D eigenvalue weighted by Crippen LogP contribution is 2.19. The molecule has 1 amide bonds. The summed E-state index contributed by atoms with van der Waals surface area (Å²) in [6.07, 6.45) is 3.35. The van der Waals surface area contributed by atoms with Gasteiger partial charge in [0.25, 0.3) is 5.91 Å². The molecule has 0 aromatic carbocycles. The van der Waals surface area contributed by atoms with E-state index in [0.717, 1.165) is 0 Å². The van der Waals surface area contributed by atoms with Gasteiger partial charge in [-0.2, -0.15) is 0 Å². The summed E-state index contributed by atoms with van der Waals surface area (Å²) in [6, 6.07) is 5.78. The Morgan fingerprint density at radius 2 is 2.25 bits per heavy atom. The van der Waals surface area contributed by atoms with E-state index in [2.05, 4.69) is 30.8 Å². The molecule has 0 aliphatic carbocycles. The molecule has 3 heterocycles. The minimum atomic E-state index is -0.251. The van der Waals surface area contributed by atoms with E-state index in [1.54, 1.807) is 17.9 Å². The fourth-order valence-corrected chi connectivity index (χ4v) is 2.75. The van der Waals surface area contributed by atoms with Crippen molar-refractivity contribution in [3.8, 4) is 0 Å². The Hall–Kier alpha value is -2.81. The molecule has 0 unspecified atom stereocenters. The Bertz CT molecular complexity index is 812. The predicted octanol–water partition coefficient (Wildman–Crippen LogP) is 2.38. The standard InChI is InChI=1S/C15H17N7OS/c1-10(2)22-9-18-21-13(22)7-17-14(23)11-8-24-15(19-11)20-12-5-3-4-6-16-12/h3-6,8-10H,7H2,1-2H3,(H,17,23)(H,16,19,20). The molecule has 124 valence electrons. The number of amides is 1. The summed E-state index contributed by atoms with van der Waals surface area (Å²) >= 11 is 1.35. The van der Waals surface area contributed by atoms with Crippen molar-refractivity contribution in [3.05, 3.63) is 47.6 Å². The second-order valence-electron chi connectivity index (χ2n) is 5.31. The summed E-state index contributed by atoms with van der Waals surface area (Å²) in [7, 11) is 0. The number of thiazole rings is 1. The van der Waals surface area contributed by atoms with Crippen LogP contribution in [0.25, 0.3) is 0 Å². The van der Waals surface area contributed by atoms with Crippen molar-refractivity contribution in [2.45, 2.75) is 26.4 Å². The topological polar surface area (TPSA) is 97.6 Å². The second-order valence-corrected chi connectivity index (χ2v) is 6.17. The number of carbonyl (C=O) groups excluding carboxylic acids is 1. The molecule has 2 N–H and O–H groups in total. The molecule has 0 aliphatic rings. The number of carbonyl (C=O) groups is 1. The molecule has 0 saturated heterocycles. The van der Waals surface area contributed by atoms with Crippen molar-refractivity contribution in [2.75, 3.05) is 5.32 Å². The number of hydrogen-bond acceptors (Lipinski definition) is 7. The summed E-state index contributed by atoms with van der Waals surface area (Å²) in [5, 5.41) is 16.1. The van der Waals surface area contributed by atoms with Gasteiger partial charge in [0.15, 0.2) is 11.0 Å². The Morgan fingerprint density at radius 1 is 1.38 bits per heavy atom. The van der Waals surface area contributed by atoms with Crippen LogP contribution in [-0.2, 0) is 6.54 Å². The van der Waals surface area contributed by atoms with Crippen LogP contribution in [-0.4, -0.2) is 30.6 Å². The average Bonchev–Trinajstić information content (AvgIpc) is 3.23. The third-order valence-corrected chi connectivity index (χ3v) is 4.01. The smallest absolute Gasteiger partial charge is 0.271 e. The van der Waals surface area contributed by atoms with Crippen molar-refractivity contribution < 1.29 is 4.79 Å². The van der Waals surface area contributed by atoms with E-state index in [1.807, 2.05) is 36.6 Å². The lowest BCUT2D eigenvalue weighted by Crippen LogP contribution is -2.25. The van der Waals surface area contributed by atoms with Gasteiger partial charge in [-0.25, -0.2) is 9.97 Å². The van der Waals surface area contributed by atoms with Crippen molar-refractivity contribution in [1.29, 1.82) is 0 Å². The van der Waals surface area contributed by atoms with Crippen molar-refractivity contribution in [3.63, 3.8) is 0 Å². The fraction of sp³-hybridized carbons (Fsp3) is 0.267. The maximum atomic E-state index is 12.2. The number of nitrogens with one attached hydrogen (secondary N) is 2. The first-order valence-electron chi connectivity index (χ1n) is 7.43. The lowest BCUT2D eigenvalue weighted by molar-refractivity contribution is 0.0945. The van der Waals surface area contributed by atoms with Crippen molar-refractivity contribution in [1.82, 2.24) is 30.0 Å². The van der Waals surface area contributed by atoms with E-state index in [9.17, 15) is 4.79 Å². The Kier molecular flexibility index (Phi) is 4.80. The fourth-order valence-electron chi connectivity index (χ4n) is 2.06. The molecule has 0 fully saturated rings. The van der Waals surface area contributed by atoms with E-state index >= 15 is 0 Å². The van der Waals surface area contributed by atoms with Gasteiger partial charge in [-0.3, -0.25) is 4.79 Å². The zero-order valence-electron chi connectivity index (χ0n) is 13.3. The highest BCUT2D eigenvalue weighted by Gasteiger charge is 2.13. The van der Waals surface area contributed by atoms with Crippen LogP contribution in [0.15, 0.2) is 36.1 Å². The van der Waals surface area contributed by atoms with Gasteiger partial charge in [0, 0.05) is 17.6 Å². The summed E-state index contributed by atoms with van der Waals surface area (Å²) in [5.41, 5.74) is 0.356. The maximum Gasteiger partial charge on any atom is 0.271 e. The molecule has 0 spiro atoms. The molecule has 8 nitrogen and oxygen atoms in total. The third-order valence-electron chi connectivity index (χ3n) is 3.25. The summed E-state index contributed by atoms with van der Waals surface area (Å²) in [6.45, 7) is 4.37. The molecule has 3 aromatic rings. The molecular weight excluding hydrogens is 326 g/mol. The van der Waals surface area contributed by atoms with E-state index in [1.165, 1.54) is 11.3 Å². The van der Waals surface area contributed by atoms with E-state index in [-0.39, 0.29) is 11.9 Å². The van der Waals surface area contributed by atoms with Crippen molar-refractivity contribution in [2.24, 2.45) is 0 Å². The van der Waals surface area contributed by atoms with Gasteiger partial charge in [-0.1, -0.05) is 6.07 Å². The first-order valence-corrected chi connectivity index (χ1v) is 8.31. The number of nitrogens with zero attached hydrogens (tertiary/aromatic N) is 5. The summed E-state index contributed by atoms with van der Waals surface area (Å²) < 4.78 is 1.91. The van der Waals surface area contributed by atoms with E-state index < -0.39 is 0 Å². The number of pyridine rings is 1. The van der Waals surface area contributed by atoms with Crippen molar-refractivity contribution >= 4 is 28.2 Å². The van der Waals surface area contributed by atoms with Crippen LogP contribution < -0.4 is 10.6 Å². The summed E-state index contributed by atoms with van der Waals surface area (Å²) in [4.78, 5) is 20.7. The van der Waals surface area contributed by atoms with E-state index in [4.69, 9.17) is 0 Å². The molecule has 0 saturated carbocycles. The highest BCUT2D eigenvalue weighted by molar-refractivity contribution is 7.14. The van der Waals surface area contributed by atoms with Crippen LogP contribution >= 0.6 is 11.3 Å². The first-order chi connectivity index (χ1) is 11.6. The summed E-state index contributed by atoms with van der Waals surface area (Å²) in [5.74, 6) is 1.14. The average molecular weight is 343 g/mol. The monoisotopic (exact) mass is 343 g/mol. The molecule has 3 aromatic heterocycles. The Morgan fingerprint density at radius 3 is 3.00 bits per heavy atom. The van der Waals surface area contributed by atoms with Crippen LogP contribution in [0.2, 0.25) is 0 Å². The molecular formula is C15H17N7OS. The lowest BCUT2D eigenvalue weighted by atomic mass is 10.4. The highest BCUT2D eigenvalue weighted by atomic mass is 32.1. The molecule has 24 heavy (non-hydrogen) atoms. The lowest BCUT2D eigenvalue weighted by Gasteiger charge is -2.10. The quantitative estimate of drug-likeness (QED) is 0.713. The number of aromatic nitrogens is 5. The Balaban J connectivity index is 1.60. The second kappa shape index (κ2) is 7.18. The van der Waals surface area contributed by atoms with Gasteiger partial charge in [0.2, 0.25) is 0 Å². The van der Waals surface area contributed by atoms with Gasteiger partial charge >= 0.3 is 0 Å². The SMILES string of the molecule is CC(C)n1cnnc1CNC(=O)c1csc(Nc2ccccn2)n1. The van der Waals surface area contributed by atoms with Gasteiger partial charge < -0.3 is 15.2 Å². The third kappa shape index (κ3) is 3.74. The molecule has 9 heteroatoms. The zero-order chi connectivity index (χ0) is 16.9. The van der Waals surface area contributed by atoms with Crippen LogP contribution in [0, 0.1) is 0 Å². The van der Waals surface area contributed by atoms with Crippen LogP contribution in [0.3, 0.4) is 0 Å². The molecule has 0 atom stereocenters.